The second-order valence-electron chi connectivity index (χ2n) is 10.9. The number of hydrogen-bond donors (Lipinski definition) is 4. The number of carbonyl (C=O) groups is 4. The molecule has 1 aliphatic rings. The van der Waals surface area contributed by atoms with Crippen molar-refractivity contribution in [3.8, 4) is 0 Å². The van der Waals surface area contributed by atoms with Gasteiger partial charge in [0.05, 0.1) is 24.2 Å². The van der Waals surface area contributed by atoms with Crippen molar-refractivity contribution in [1.82, 2.24) is 9.78 Å². The third-order valence-corrected chi connectivity index (χ3v) is 7.76. The van der Waals surface area contributed by atoms with Crippen molar-refractivity contribution in [3.63, 3.8) is 0 Å². The molecule has 1 aliphatic heterocycles. The second-order valence-corrected chi connectivity index (χ2v) is 11.4. The number of benzene rings is 3. The van der Waals surface area contributed by atoms with Gasteiger partial charge in [0.15, 0.2) is 11.9 Å². The van der Waals surface area contributed by atoms with Gasteiger partial charge in [0, 0.05) is 28.8 Å². The number of quaternary nitrogens is 2. The number of halogens is 2. The molecule has 4 aromatic rings. The van der Waals surface area contributed by atoms with Gasteiger partial charge >= 0.3 is 11.9 Å². The number of aromatic nitrogens is 2. The van der Waals surface area contributed by atoms with E-state index in [4.69, 9.17) is 56.3 Å². The van der Waals surface area contributed by atoms with Crippen LogP contribution in [0.25, 0.3) is 10.8 Å². The standard InChI is InChI=1S/C29H30ClFN4O.2C2H2O4/c30-24-10-6-23(7-11-24)21-34-18-16-33(17-19-34)14-3-15-35-29(36)27-5-2-1-4-26(27)28(32-35)20-22-8-12-25(31)13-9-22;2*3-1(4)2(5)6/h1-2,4-13H,3,14-21H2;2*(H,3,4)(H,5,6). The summed E-state index contributed by atoms with van der Waals surface area (Å²) in [4.78, 5) is 52.4. The second kappa shape index (κ2) is 18.2. The van der Waals surface area contributed by atoms with Crippen molar-refractivity contribution in [3.05, 3.63) is 111 Å². The van der Waals surface area contributed by atoms with Gasteiger partial charge in [-0.15, -0.1) is 0 Å². The monoisotopic (exact) mass is 684 g/mol. The summed E-state index contributed by atoms with van der Waals surface area (Å²) in [6.07, 6.45) is 1.47. The van der Waals surface area contributed by atoms with E-state index in [1.807, 2.05) is 36.4 Å². The van der Waals surface area contributed by atoms with Crippen molar-refractivity contribution in [2.24, 2.45) is 0 Å². The lowest BCUT2D eigenvalue weighted by molar-refractivity contribution is -1.02. The Kier molecular flexibility index (Phi) is 14.2. The van der Waals surface area contributed by atoms with Gasteiger partial charge in [-0.2, -0.15) is 5.10 Å². The Hall–Kier alpha value is -5.18. The molecule has 0 amide bonds. The van der Waals surface area contributed by atoms with Gasteiger partial charge in [0.1, 0.15) is 38.5 Å². The summed E-state index contributed by atoms with van der Waals surface area (Å²) in [5.74, 6) is -8.27. The molecule has 13 nitrogen and oxygen atoms in total. The molecule has 48 heavy (non-hydrogen) atoms. The average molecular weight is 685 g/mol. The molecule has 1 saturated heterocycles. The van der Waals surface area contributed by atoms with Crippen LogP contribution in [0.15, 0.2) is 77.6 Å². The molecule has 1 aromatic heterocycles. The summed E-state index contributed by atoms with van der Waals surface area (Å²) in [6, 6.07) is 22.3. The van der Waals surface area contributed by atoms with Crippen LogP contribution in [0.1, 0.15) is 23.2 Å². The van der Waals surface area contributed by atoms with Crippen molar-refractivity contribution < 1.29 is 53.8 Å². The number of carboxylic acid groups (broad SMARTS) is 4. The summed E-state index contributed by atoms with van der Waals surface area (Å²) < 4.78 is 15.0. The Morgan fingerprint density at radius 1 is 0.792 bits per heavy atom. The van der Waals surface area contributed by atoms with Crippen molar-refractivity contribution in [1.29, 1.82) is 0 Å². The minimum absolute atomic E-state index is 0.0410. The zero-order chi connectivity index (χ0) is 35.2. The molecule has 15 heteroatoms. The highest BCUT2D eigenvalue weighted by Crippen LogP contribution is 2.17. The number of aliphatic carboxylic acids is 4. The maximum absolute atomic E-state index is 13.4. The number of piperazine rings is 1. The number of carboxylic acids is 4. The summed E-state index contributed by atoms with van der Waals surface area (Å²) in [5.41, 5.74) is 3.11. The van der Waals surface area contributed by atoms with Crippen molar-refractivity contribution in [2.45, 2.75) is 25.9 Å². The molecule has 3 aromatic carbocycles. The zero-order valence-electron chi connectivity index (χ0n) is 25.7. The molecule has 0 bridgehead atoms. The van der Waals surface area contributed by atoms with Gasteiger partial charge in [-0.05, 0) is 35.9 Å². The van der Waals surface area contributed by atoms with Gasteiger partial charge in [-0.1, -0.05) is 54.1 Å². The van der Waals surface area contributed by atoms with E-state index in [9.17, 15) is 9.18 Å². The van der Waals surface area contributed by atoms with Gasteiger partial charge in [0.2, 0.25) is 0 Å². The topological polar surface area (TPSA) is 199 Å². The Labute approximate surface area is 279 Å². The predicted octanol–water partition coefficient (Wildman–Crippen LogP) is -2.20. The van der Waals surface area contributed by atoms with E-state index in [0.29, 0.717) is 18.4 Å². The fourth-order valence-corrected chi connectivity index (χ4v) is 5.26. The Bertz CT molecular complexity index is 1730. The first-order valence-corrected chi connectivity index (χ1v) is 15.2. The summed E-state index contributed by atoms with van der Waals surface area (Å²) in [6.45, 7) is 7.24. The summed E-state index contributed by atoms with van der Waals surface area (Å²) in [5, 5.41) is 39.7. The van der Waals surface area contributed by atoms with E-state index in [1.165, 1.54) is 17.7 Å². The highest BCUT2D eigenvalue weighted by molar-refractivity contribution is 6.30. The molecule has 4 N–H and O–H groups in total. The minimum atomic E-state index is -2.07. The van der Waals surface area contributed by atoms with Crippen LogP contribution in [0.2, 0.25) is 5.02 Å². The van der Waals surface area contributed by atoms with Crippen LogP contribution < -0.4 is 25.6 Å². The molecule has 1 fully saturated rings. The molecule has 0 atom stereocenters. The Morgan fingerprint density at radius 3 is 1.83 bits per heavy atom. The number of aryl methyl sites for hydroxylation is 1. The summed E-state index contributed by atoms with van der Waals surface area (Å²) in [7, 11) is 0. The number of fused-ring (bicyclic) bond motifs is 1. The number of carbonyl (C=O) groups excluding carboxylic acids is 2. The first-order valence-electron chi connectivity index (χ1n) is 14.9. The van der Waals surface area contributed by atoms with Gasteiger partial charge in [0.25, 0.3) is 5.56 Å². The van der Waals surface area contributed by atoms with Gasteiger partial charge in [-0.25, -0.2) is 18.7 Å². The normalized spacial score (nSPS) is 15.3. The van der Waals surface area contributed by atoms with E-state index in [2.05, 4.69) is 12.1 Å². The Balaban J connectivity index is 0.000000446. The number of nitrogens with one attached hydrogen (secondary N) is 2. The molecule has 5 rings (SSSR count). The third kappa shape index (κ3) is 11.9. The van der Waals surface area contributed by atoms with Crippen LogP contribution in [0.4, 0.5) is 4.39 Å². The van der Waals surface area contributed by atoms with E-state index in [1.54, 1.807) is 26.6 Å². The number of rotatable bonds is 8. The smallest absolute Gasteiger partial charge is 0.351 e. The van der Waals surface area contributed by atoms with Crippen LogP contribution in [0.5, 0.6) is 0 Å². The van der Waals surface area contributed by atoms with E-state index < -0.39 is 23.9 Å². The van der Waals surface area contributed by atoms with E-state index >= 15 is 0 Å². The first-order chi connectivity index (χ1) is 22.8. The molecular formula is C33H34ClFN4O9. The maximum Gasteiger partial charge on any atom is 0.351 e. The quantitative estimate of drug-likeness (QED) is 0.148. The third-order valence-electron chi connectivity index (χ3n) is 7.51. The zero-order valence-corrected chi connectivity index (χ0v) is 26.5. The molecule has 254 valence electrons. The predicted molar refractivity (Wildman–Crippen MR) is 167 cm³/mol. The van der Waals surface area contributed by atoms with Crippen molar-refractivity contribution >= 4 is 46.3 Å². The lowest BCUT2D eigenvalue weighted by Gasteiger charge is -2.29. The Morgan fingerprint density at radius 2 is 1.29 bits per heavy atom. The van der Waals surface area contributed by atoms with E-state index in [0.717, 1.165) is 67.4 Å². The fourth-order valence-electron chi connectivity index (χ4n) is 5.14. The lowest BCUT2D eigenvalue weighted by Crippen LogP contribution is -3.27. The van der Waals surface area contributed by atoms with Crippen LogP contribution in [0.3, 0.4) is 0 Å². The van der Waals surface area contributed by atoms with Gasteiger partial charge < -0.3 is 39.8 Å². The highest BCUT2D eigenvalue weighted by atomic mass is 35.5. The number of nitrogens with zero attached hydrogens (tertiary/aromatic N) is 2. The molecule has 0 spiro atoms. The molecule has 2 heterocycles. The molecule has 0 aliphatic carbocycles. The van der Waals surface area contributed by atoms with Crippen LogP contribution in [0, 0.1) is 5.82 Å². The molecular weight excluding hydrogens is 651 g/mol. The van der Waals surface area contributed by atoms with Gasteiger partial charge in [-0.3, -0.25) is 4.79 Å². The van der Waals surface area contributed by atoms with Crippen molar-refractivity contribution in [2.75, 3.05) is 32.7 Å². The SMILES string of the molecule is O=C([O-])C(=O)O.O=C([O-])C(=O)O.O=c1c2ccccc2c(Cc2ccc(F)cc2)nn1CCC[NH+]1CC[NH+](Cc2ccc(Cl)cc2)CC1. The van der Waals surface area contributed by atoms with Crippen LogP contribution in [-0.2, 0) is 38.7 Å². The fraction of sp³-hybridized carbons (Fsp3) is 0.273. The molecule has 0 saturated carbocycles. The lowest BCUT2D eigenvalue weighted by atomic mass is 10.0. The average Bonchev–Trinajstić information content (AvgIpc) is 3.06. The van der Waals surface area contributed by atoms with Crippen LogP contribution >= 0.6 is 11.6 Å². The van der Waals surface area contributed by atoms with Crippen LogP contribution in [-0.4, -0.2) is 76.6 Å². The van der Waals surface area contributed by atoms with E-state index in [-0.39, 0.29) is 11.4 Å². The minimum Gasteiger partial charge on any atom is -0.539 e. The maximum atomic E-state index is 13.4. The highest BCUT2D eigenvalue weighted by Gasteiger charge is 2.23. The summed E-state index contributed by atoms with van der Waals surface area (Å²) >= 11 is 6.01. The first kappa shape index (κ1) is 37.3. The molecule has 0 radical (unpaired) electrons. The number of hydrogen-bond acceptors (Lipinski definition) is 8. The largest absolute Gasteiger partial charge is 0.539 e. The molecule has 0 unspecified atom stereocenters.